The molecule has 1 heterocycles. The predicted octanol–water partition coefficient (Wildman–Crippen LogP) is 4.30. The Balaban J connectivity index is 1.94. The lowest BCUT2D eigenvalue weighted by Gasteiger charge is -2.13. The molecular formula is C13H25IO2. The van der Waals surface area contributed by atoms with E-state index in [1.165, 1.54) is 44.9 Å². The van der Waals surface area contributed by atoms with Crippen molar-refractivity contribution in [2.75, 3.05) is 11.0 Å². The molecule has 2 nitrogen and oxygen atoms in total. The molecule has 2 unspecified atom stereocenters. The zero-order chi connectivity index (χ0) is 11.6. The molecule has 1 aliphatic rings. The molecule has 1 saturated heterocycles. The Kier molecular flexibility index (Phi) is 8.88. The maximum Gasteiger partial charge on any atom is 0.158 e. The van der Waals surface area contributed by atoms with Crippen LogP contribution in [0.3, 0.4) is 0 Å². The Hall–Kier alpha value is 0.650. The number of alkyl halides is 1. The van der Waals surface area contributed by atoms with E-state index in [2.05, 4.69) is 29.5 Å². The van der Waals surface area contributed by atoms with Crippen LogP contribution in [-0.4, -0.2) is 23.4 Å². The molecule has 1 fully saturated rings. The quantitative estimate of drug-likeness (QED) is 0.354. The highest BCUT2D eigenvalue weighted by molar-refractivity contribution is 14.1. The lowest BCUT2D eigenvalue weighted by atomic mass is 10.1. The van der Waals surface area contributed by atoms with Gasteiger partial charge in [0.15, 0.2) is 6.29 Å². The molecule has 0 aromatic rings. The minimum atomic E-state index is 0.0930. The summed E-state index contributed by atoms with van der Waals surface area (Å²) < 4.78 is 12.5. The molecule has 0 bridgehead atoms. The average Bonchev–Trinajstić information content (AvgIpc) is 2.74. The summed E-state index contributed by atoms with van der Waals surface area (Å²) in [6, 6.07) is 0. The van der Waals surface area contributed by atoms with Crippen LogP contribution in [0.15, 0.2) is 0 Å². The number of hydrogen-bond donors (Lipinski definition) is 0. The van der Waals surface area contributed by atoms with E-state index in [1.807, 2.05) is 0 Å². The van der Waals surface area contributed by atoms with Gasteiger partial charge in [-0.15, -0.1) is 0 Å². The van der Waals surface area contributed by atoms with Gasteiger partial charge in [0, 0.05) is 10.8 Å². The van der Waals surface area contributed by atoms with Crippen LogP contribution in [0.1, 0.15) is 58.3 Å². The van der Waals surface area contributed by atoms with E-state index >= 15 is 0 Å². The number of halogens is 1. The highest BCUT2D eigenvalue weighted by atomic mass is 127. The third-order valence-electron chi connectivity index (χ3n) is 3.08. The third kappa shape index (κ3) is 6.40. The minimum Gasteiger partial charge on any atom is -0.352 e. The van der Waals surface area contributed by atoms with Crippen LogP contribution < -0.4 is 0 Å². The lowest BCUT2D eigenvalue weighted by Crippen LogP contribution is -2.15. The van der Waals surface area contributed by atoms with Gasteiger partial charge in [0.1, 0.15) is 0 Å². The first-order valence-electron chi connectivity index (χ1n) is 6.69. The fourth-order valence-corrected chi connectivity index (χ4v) is 2.41. The van der Waals surface area contributed by atoms with Gasteiger partial charge in [0.25, 0.3) is 0 Å². The van der Waals surface area contributed by atoms with E-state index in [9.17, 15) is 0 Å². The van der Waals surface area contributed by atoms with Gasteiger partial charge in [0.2, 0.25) is 0 Å². The molecule has 3 heteroatoms. The molecule has 16 heavy (non-hydrogen) atoms. The summed E-state index contributed by atoms with van der Waals surface area (Å²) in [5, 5.41) is 0. The molecule has 0 aliphatic carbocycles. The highest BCUT2D eigenvalue weighted by Crippen LogP contribution is 2.24. The molecule has 2 atom stereocenters. The summed E-state index contributed by atoms with van der Waals surface area (Å²) >= 11 is 2.33. The third-order valence-corrected chi connectivity index (χ3v) is 3.52. The molecule has 1 aliphatic heterocycles. The first kappa shape index (κ1) is 14.7. The molecule has 0 aromatic heterocycles. The molecule has 0 spiro atoms. The fourth-order valence-electron chi connectivity index (χ4n) is 2.16. The summed E-state index contributed by atoms with van der Waals surface area (Å²) in [6.45, 7) is 3.09. The van der Waals surface area contributed by atoms with Gasteiger partial charge in [-0.3, -0.25) is 0 Å². The van der Waals surface area contributed by atoms with Crippen LogP contribution in [0.4, 0.5) is 0 Å². The van der Waals surface area contributed by atoms with Crippen LogP contribution in [0.25, 0.3) is 0 Å². The standard InChI is InChI=1S/C13H25IO2/c1-2-3-4-5-6-7-12-8-9-13(16-12)15-11-10-14/h12-13H,2-11H2,1H3. The zero-order valence-corrected chi connectivity index (χ0v) is 12.6. The lowest BCUT2D eigenvalue weighted by molar-refractivity contribution is -0.130. The van der Waals surface area contributed by atoms with Crippen molar-refractivity contribution in [1.82, 2.24) is 0 Å². The molecular weight excluding hydrogens is 315 g/mol. The van der Waals surface area contributed by atoms with Gasteiger partial charge < -0.3 is 9.47 Å². The fraction of sp³-hybridized carbons (Fsp3) is 1.00. The SMILES string of the molecule is CCCCCCCC1CCC(OCCI)O1. The molecule has 0 N–H and O–H groups in total. The first-order valence-corrected chi connectivity index (χ1v) is 8.22. The Bertz CT molecular complexity index is 164. The minimum absolute atomic E-state index is 0.0930. The van der Waals surface area contributed by atoms with Crippen molar-refractivity contribution >= 4 is 22.6 Å². The van der Waals surface area contributed by atoms with E-state index in [1.54, 1.807) is 0 Å². The Morgan fingerprint density at radius 2 is 2.00 bits per heavy atom. The Morgan fingerprint density at radius 1 is 1.19 bits per heavy atom. The van der Waals surface area contributed by atoms with Crippen LogP contribution in [0, 0.1) is 0 Å². The summed E-state index contributed by atoms with van der Waals surface area (Å²) in [5.74, 6) is 0. The molecule has 96 valence electrons. The van der Waals surface area contributed by atoms with Crippen molar-refractivity contribution in [2.45, 2.75) is 70.7 Å². The van der Waals surface area contributed by atoms with Crippen molar-refractivity contribution in [2.24, 2.45) is 0 Å². The normalized spacial score (nSPS) is 25.1. The molecule has 0 amide bonds. The second-order valence-corrected chi connectivity index (χ2v) is 5.61. The topological polar surface area (TPSA) is 18.5 Å². The van der Waals surface area contributed by atoms with Crippen LogP contribution >= 0.6 is 22.6 Å². The van der Waals surface area contributed by atoms with Gasteiger partial charge in [-0.2, -0.15) is 0 Å². The van der Waals surface area contributed by atoms with E-state index in [-0.39, 0.29) is 6.29 Å². The number of unbranched alkanes of at least 4 members (excludes halogenated alkanes) is 4. The second-order valence-electron chi connectivity index (χ2n) is 4.53. The molecule has 0 saturated carbocycles. The summed E-state index contributed by atoms with van der Waals surface area (Å²) in [4.78, 5) is 0. The van der Waals surface area contributed by atoms with Crippen molar-refractivity contribution in [1.29, 1.82) is 0 Å². The van der Waals surface area contributed by atoms with Gasteiger partial charge in [-0.05, 0) is 12.8 Å². The number of hydrogen-bond acceptors (Lipinski definition) is 2. The van der Waals surface area contributed by atoms with Crippen molar-refractivity contribution in [3.63, 3.8) is 0 Å². The van der Waals surface area contributed by atoms with Crippen molar-refractivity contribution in [3.8, 4) is 0 Å². The second kappa shape index (κ2) is 9.66. The van der Waals surface area contributed by atoms with E-state index in [4.69, 9.17) is 9.47 Å². The van der Waals surface area contributed by atoms with Gasteiger partial charge in [-0.1, -0.05) is 61.6 Å². The summed E-state index contributed by atoms with van der Waals surface area (Å²) in [6.07, 6.45) is 10.9. The Morgan fingerprint density at radius 3 is 2.75 bits per heavy atom. The predicted molar refractivity (Wildman–Crippen MR) is 76.1 cm³/mol. The molecule has 0 aromatic carbocycles. The number of rotatable bonds is 9. The summed E-state index contributed by atoms with van der Waals surface area (Å²) in [7, 11) is 0. The van der Waals surface area contributed by atoms with Gasteiger partial charge in [-0.25, -0.2) is 0 Å². The molecule has 1 rings (SSSR count). The van der Waals surface area contributed by atoms with Gasteiger partial charge >= 0.3 is 0 Å². The largest absolute Gasteiger partial charge is 0.352 e. The summed E-state index contributed by atoms with van der Waals surface area (Å²) in [5.41, 5.74) is 0. The van der Waals surface area contributed by atoms with Crippen molar-refractivity contribution < 1.29 is 9.47 Å². The Labute approximate surface area is 114 Å². The van der Waals surface area contributed by atoms with Crippen LogP contribution in [-0.2, 0) is 9.47 Å². The first-order chi connectivity index (χ1) is 7.86. The average molecular weight is 340 g/mol. The number of ether oxygens (including phenoxy) is 2. The van der Waals surface area contributed by atoms with E-state index < -0.39 is 0 Å². The van der Waals surface area contributed by atoms with E-state index in [0.29, 0.717) is 6.10 Å². The smallest absolute Gasteiger partial charge is 0.158 e. The van der Waals surface area contributed by atoms with Crippen molar-refractivity contribution in [3.05, 3.63) is 0 Å². The van der Waals surface area contributed by atoms with Gasteiger partial charge in [0.05, 0.1) is 12.7 Å². The van der Waals surface area contributed by atoms with Crippen LogP contribution in [0.2, 0.25) is 0 Å². The monoisotopic (exact) mass is 340 g/mol. The van der Waals surface area contributed by atoms with E-state index in [0.717, 1.165) is 17.5 Å². The maximum atomic E-state index is 5.84. The highest BCUT2D eigenvalue weighted by Gasteiger charge is 2.24. The zero-order valence-electron chi connectivity index (χ0n) is 10.4. The molecule has 0 radical (unpaired) electrons. The van der Waals surface area contributed by atoms with Crippen LogP contribution in [0.5, 0.6) is 0 Å². The maximum absolute atomic E-state index is 5.84.